The first-order valence-corrected chi connectivity index (χ1v) is 8.23. The summed E-state index contributed by atoms with van der Waals surface area (Å²) in [4.78, 5) is 23.1. The van der Waals surface area contributed by atoms with Crippen molar-refractivity contribution in [1.82, 2.24) is 10.5 Å². The van der Waals surface area contributed by atoms with Crippen molar-refractivity contribution in [1.29, 1.82) is 0 Å². The number of carbonyl (C=O) groups is 2. The maximum atomic E-state index is 12.3. The van der Waals surface area contributed by atoms with Crippen molar-refractivity contribution in [2.75, 3.05) is 6.54 Å². The largest absolute Gasteiger partial charge is 0.478 e. The lowest BCUT2D eigenvalue weighted by molar-refractivity contribution is 0.0696. The normalized spacial score (nSPS) is 13.8. The van der Waals surface area contributed by atoms with E-state index in [1.54, 1.807) is 24.3 Å². The second-order valence-corrected chi connectivity index (χ2v) is 6.00. The monoisotopic (exact) mass is 328 g/mol. The van der Waals surface area contributed by atoms with Crippen LogP contribution in [-0.2, 0) is 19.3 Å². The molecule has 1 amide bonds. The Balaban J connectivity index is 1.56. The second kappa shape index (κ2) is 7.29. The summed E-state index contributed by atoms with van der Waals surface area (Å²) < 4.78 is 5.32. The topological polar surface area (TPSA) is 92.4 Å². The Morgan fingerprint density at radius 1 is 1.12 bits per heavy atom. The Morgan fingerprint density at radius 2 is 1.88 bits per heavy atom. The Bertz CT molecular complexity index is 734. The Hall–Kier alpha value is -2.63. The lowest BCUT2D eigenvalue weighted by Gasteiger charge is -2.05. The molecular formula is C18H20N2O4. The number of nitrogens with zero attached hydrogens (tertiary/aromatic N) is 1. The summed E-state index contributed by atoms with van der Waals surface area (Å²) in [7, 11) is 0. The highest BCUT2D eigenvalue weighted by Gasteiger charge is 2.22. The molecule has 3 rings (SSSR count). The fourth-order valence-corrected chi connectivity index (χ4v) is 2.96. The summed E-state index contributed by atoms with van der Waals surface area (Å²) in [6.07, 6.45) is 5.62. The van der Waals surface area contributed by atoms with Crippen molar-refractivity contribution in [2.24, 2.45) is 0 Å². The minimum atomic E-state index is -0.943. The molecule has 6 heteroatoms. The first-order chi connectivity index (χ1) is 11.6. The minimum Gasteiger partial charge on any atom is -0.478 e. The van der Waals surface area contributed by atoms with Crippen LogP contribution in [0.4, 0.5) is 0 Å². The molecule has 1 aliphatic rings. The number of benzene rings is 1. The van der Waals surface area contributed by atoms with Gasteiger partial charge in [-0.15, -0.1) is 0 Å². The van der Waals surface area contributed by atoms with Crippen LogP contribution in [0.3, 0.4) is 0 Å². The summed E-state index contributed by atoms with van der Waals surface area (Å²) in [6.45, 7) is 0.465. The number of aromatic carboxylic acids is 1. The number of rotatable bonds is 5. The van der Waals surface area contributed by atoms with Gasteiger partial charge in [0.2, 0.25) is 0 Å². The standard InChI is InChI=1S/C18H20N2O4/c21-17(16-14-4-2-1-3-5-15(14)24-20-16)19-11-10-12-6-8-13(9-7-12)18(22)23/h6-9H,1-5,10-11H2,(H,19,21)(H,22,23). The highest BCUT2D eigenvalue weighted by Crippen LogP contribution is 2.23. The Kier molecular flexibility index (Phi) is 4.93. The van der Waals surface area contributed by atoms with Gasteiger partial charge in [-0.05, 0) is 43.4 Å². The van der Waals surface area contributed by atoms with Gasteiger partial charge in [-0.25, -0.2) is 4.79 Å². The molecule has 0 aliphatic heterocycles. The van der Waals surface area contributed by atoms with Gasteiger partial charge in [0.1, 0.15) is 5.76 Å². The summed E-state index contributed by atoms with van der Waals surface area (Å²) in [5, 5.41) is 15.7. The van der Waals surface area contributed by atoms with E-state index in [4.69, 9.17) is 9.63 Å². The Labute approximate surface area is 139 Å². The number of hydrogen-bond acceptors (Lipinski definition) is 4. The molecule has 1 aromatic carbocycles. The number of carbonyl (C=O) groups excluding carboxylic acids is 1. The van der Waals surface area contributed by atoms with E-state index >= 15 is 0 Å². The Morgan fingerprint density at radius 3 is 2.62 bits per heavy atom. The number of hydrogen-bond donors (Lipinski definition) is 2. The number of carboxylic acids is 1. The van der Waals surface area contributed by atoms with Gasteiger partial charge in [0, 0.05) is 18.5 Å². The van der Waals surface area contributed by atoms with E-state index in [-0.39, 0.29) is 11.5 Å². The lowest BCUT2D eigenvalue weighted by Crippen LogP contribution is -2.27. The predicted octanol–water partition coefficient (Wildman–Crippen LogP) is 2.61. The molecular weight excluding hydrogens is 308 g/mol. The van der Waals surface area contributed by atoms with Crippen molar-refractivity contribution in [3.63, 3.8) is 0 Å². The number of carboxylic acid groups (broad SMARTS) is 1. The first kappa shape index (κ1) is 16.2. The number of fused-ring (bicyclic) bond motifs is 1. The van der Waals surface area contributed by atoms with E-state index in [0.717, 1.165) is 49.0 Å². The molecule has 0 radical (unpaired) electrons. The van der Waals surface area contributed by atoms with E-state index in [9.17, 15) is 9.59 Å². The van der Waals surface area contributed by atoms with Crippen LogP contribution < -0.4 is 5.32 Å². The van der Waals surface area contributed by atoms with E-state index in [1.807, 2.05) is 0 Å². The maximum absolute atomic E-state index is 12.3. The number of aromatic nitrogens is 1. The van der Waals surface area contributed by atoms with Gasteiger partial charge in [-0.2, -0.15) is 0 Å². The molecule has 1 aliphatic carbocycles. The summed E-state index contributed by atoms with van der Waals surface area (Å²) >= 11 is 0. The molecule has 1 aromatic heterocycles. The van der Waals surface area contributed by atoms with E-state index in [2.05, 4.69) is 10.5 Å². The molecule has 2 aromatic rings. The van der Waals surface area contributed by atoms with Crippen molar-refractivity contribution in [2.45, 2.75) is 38.5 Å². The van der Waals surface area contributed by atoms with Gasteiger partial charge in [-0.1, -0.05) is 23.7 Å². The van der Waals surface area contributed by atoms with Gasteiger partial charge in [0.15, 0.2) is 5.69 Å². The average molecular weight is 328 g/mol. The van der Waals surface area contributed by atoms with Crippen molar-refractivity contribution in [3.8, 4) is 0 Å². The molecule has 0 bridgehead atoms. The third kappa shape index (κ3) is 3.64. The molecule has 0 saturated heterocycles. The van der Waals surface area contributed by atoms with Crippen LogP contribution in [-0.4, -0.2) is 28.7 Å². The van der Waals surface area contributed by atoms with Gasteiger partial charge >= 0.3 is 5.97 Å². The van der Waals surface area contributed by atoms with Crippen LogP contribution in [0.5, 0.6) is 0 Å². The lowest BCUT2D eigenvalue weighted by atomic mass is 10.1. The van der Waals surface area contributed by atoms with E-state index < -0.39 is 5.97 Å². The summed E-state index contributed by atoms with van der Waals surface area (Å²) in [5.74, 6) is -0.299. The van der Waals surface area contributed by atoms with Gasteiger partial charge in [0.05, 0.1) is 5.56 Å². The predicted molar refractivity (Wildman–Crippen MR) is 87.2 cm³/mol. The highest BCUT2D eigenvalue weighted by molar-refractivity contribution is 5.93. The first-order valence-electron chi connectivity index (χ1n) is 8.23. The van der Waals surface area contributed by atoms with Crippen LogP contribution in [0.15, 0.2) is 28.8 Å². The molecule has 0 atom stereocenters. The van der Waals surface area contributed by atoms with Crippen molar-refractivity contribution in [3.05, 3.63) is 52.4 Å². The molecule has 6 nitrogen and oxygen atoms in total. The average Bonchev–Trinajstić information content (AvgIpc) is 2.84. The SMILES string of the molecule is O=C(O)c1ccc(CCNC(=O)c2noc3c2CCCCC3)cc1. The molecule has 0 saturated carbocycles. The van der Waals surface area contributed by atoms with Crippen LogP contribution in [0.2, 0.25) is 0 Å². The molecule has 126 valence electrons. The van der Waals surface area contributed by atoms with Gasteiger partial charge in [0.25, 0.3) is 5.91 Å². The zero-order chi connectivity index (χ0) is 16.9. The van der Waals surface area contributed by atoms with Crippen molar-refractivity contribution >= 4 is 11.9 Å². The molecule has 0 fully saturated rings. The third-order valence-electron chi connectivity index (χ3n) is 4.32. The van der Waals surface area contributed by atoms with E-state index in [0.29, 0.717) is 18.7 Å². The van der Waals surface area contributed by atoms with Gasteiger partial charge in [-0.3, -0.25) is 4.79 Å². The molecule has 0 spiro atoms. The number of nitrogens with one attached hydrogen (secondary N) is 1. The number of aryl methyl sites for hydroxylation is 1. The van der Waals surface area contributed by atoms with Crippen LogP contribution >= 0.6 is 0 Å². The molecule has 0 unspecified atom stereocenters. The fraction of sp³-hybridized carbons (Fsp3) is 0.389. The smallest absolute Gasteiger partial charge is 0.335 e. The molecule has 2 N–H and O–H groups in total. The van der Waals surface area contributed by atoms with E-state index in [1.165, 1.54) is 0 Å². The zero-order valence-electron chi connectivity index (χ0n) is 13.4. The summed E-state index contributed by atoms with van der Waals surface area (Å²) in [5.41, 5.74) is 2.59. The number of amides is 1. The summed E-state index contributed by atoms with van der Waals surface area (Å²) in [6, 6.07) is 6.66. The zero-order valence-corrected chi connectivity index (χ0v) is 13.4. The minimum absolute atomic E-state index is 0.205. The molecule has 1 heterocycles. The maximum Gasteiger partial charge on any atom is 0.335 e. The van der Waals surface area contributed by atoms with Gasteiger partial charge < -0.3 is 14.9 Å². The fourth-order valence-electron chi connectivity index (χ4n) is 2.96. The van der Waals surface area contributed by atoms with Crippen LogP contribution in [0, 0.1) is 0 Å². The quantitative estimate of drug-likeness (QED) is 0.823. The second-order valence-electron chi connectivity index (χ2n) is 6.00. The van der Waals surface area contributed by atoms with Crippen LogP contribution in [0.25, 0.3) is 0 Å². The highest BCUT2D eigenvalue weighted by atomic mass is 16.5. The van der Waals surface area contributed by atoms with Crippen LogP contribution in [0.1, 0.15) is 57.0 Å². The van der Waals surface area contributed by atoms with Crippen molar-refractivity contribution < 1.29 is 19.2 Å². The molecule has 24 heavy (non-hydrogen) atoms. The third-order valence-corrected chi connectivity index (χ3v) is 4.32.